The number of nitrogens with one attached hydrogen (secondary N) is 1. The van der Waals surface area contributed by atoms with Crippen LogP contribution >= 0.6 is 0 Å². The number of hydrogen-bond donors (Lipinski definition) is 1. The highest BCUT2D eigenvalue weighted by Crippen LogP contribution is 2.26. The van der Waals surface area contributed by atoms with Crippen LogP contribution in [0.4, 0.5) is 0 Å². The first-order valence-corrected chi connectivity index (χ1v) is 7.63. The van der Waals surface area contributed by atoms with Gasteiger partial charge in [0.2, 0.25) is 0 Å². The Balaban J connectivity index is 1.92. The fourth-order valence-electron chi connectivity index (χ4n) is 2.84. The second-order valence-corrected chi connectivity index (χ2v) is 6.19. The van der Waals surface area contributed by atoms with E-state index < -0.39 is 0 Å². The predicted octanol–water partition coefficient (Wildman–Crippen LogP) is 3.69. The van der Waals surface area contributed by atoms with Crippen molar-refractivity contribution in [2.24, 2.45) is 0 Å². The molecule has 0 bridgehead atoms. The molecule has 20 heavy (non-hydrogen) atoms. The molecule has 1 saturated heterocycles. The molecule has 2 unspecified atom stereocenters. The fraction of sp³-hybridized carbons (Fsp3) is 0.647. The zero-order chi connectivity index (χ0) is 14.6. The van der Waals surface area contributed by atoms with Gasteiger partial charge in [-0.1, -0.05) is 12.1 Å². The molecule has 112 valence electrons. The summed E-state index contributed by atoms with van der Waals surface area (Å²) in [7, 11) is 0. The zero-order valence-corrected chi connectivity index (χ0v) is 13.1. The van der Waals surface area contributed by atoms with Crippen molar-refractivity contribution >= 4 is 0 Å². The maximum absolute atomic E-state index is 5.77. The number of rotatable bonds is 5. The molecule has 1 aliphatic heterocycles. The van der Waals surface area contributed by atoms with Crippen LogP contribution in [-0.4, -0.2) is 24.9 Å². The lowest BCUT2D eigenvalue weighted by molar-refractivity contribution is -0.0639. The van der Waals surface area contributed by atoms with Crippen molar-refractivity contribution in [1.29, 1.82) is 0 Å². The Labute approximate surface area is 122 Å². The van der Waals surface area contributed by atoms with Crippen LogP contribution in [0.5, 0.6) is 5.75 Å². The van der Waals surface area contributed by atoms with Crippen LogP contribution in [0, 0.1) is 0 Å². The lowest BCUT2D eigenvalue weighted by Gasteiger charge is -2.37. The van der Waals surface area contributed by atoms with Crippen molar-refractivity contribution in [2.45, 2.75) is 58.2 Å². The molecule has 3 heteroatoms. The molecule has 0 aliphatic carbocycles. The smallest absolute Gasteiger partial charge is 0.119 e. The van der Waals surface area contributed by atoms with Crippen LogP contribution in [-0.2, 0) is 4.74 Å². The van der Waals surface area contributed by atoms with E-state index in [1.807, 2.05) is 19.1 Å². The van der Waals surface area contributed by atoms with Crippen molar-refractivity contribution in [2.75, 3.05) is 13.2 Å². The zero-order valence-electron chi connectivity index (χ0n) is 13.1. The molecule has 1 aromatic rings. The molecule has 0 radical (unpaired) electrons. The van der Waals surface area contributed by atoms with Crippen LogP contribution in [0.3, 0.4) is 0 Å². The van der Waals surface area contributed by atoms with Crippen LogP contribution in [0.2, 0.25) is 0 Å². The Morgan fingerprint density at radius 1 is 1.35 bits per heavy atom. The third kappa shape index (κ3) is 4.22. The van der Waals surface area contributed by atoms with E-state index in [0.717, 1.165) is 25.2 Å². The molecule has 2 atom stereocenters. The van der Waals surface area contributed by atoms with Gasteiger partial charge in [0.05, 0.1) is 12.2 Å². The molecule has 1 N–H and O–H groups in total. The molecule has 0 saturated carbocycles. The average Bonchev–Trinajstić information content (AvgIpc) is 2.38. The highest BCUT2D eigenvalue weighted by atomic mass is 16.5. The Morgan fingerprint density at radius 3 is 2.65 bits per heavy atom. The quantitative estimate of drug-likeness (QED) is 0.890. The Bertz CT molecular complexity index is 414. The molecule has 1 heterocycles. The third-order valence-electron chi connectivity index (χ3n) is 3.87. The molecule has 0 aromatic heterocycles. The van der Waals surface area contributed by atoms with Crippen molar-refractivity contribution in [1.82, 2.24) is 5.32 Å². The minimum atomic E-state index is -0.00550. The monoisotopic (exact) mass is 277 g/mol. The maximum Gasteiger partial charge on any atom is 0.119 e. The Kier molecular flexibility index (Phi) is 5.06. The Morgan fingerprint density at radius 2 is 2.05 bits per heavy atom. The van der Waals surface area contributed by atoms with Gasteiger partial charge in [-0.15, -0.1) is 0 Å². The lowest BCUT2D eigenvalue weighted by atomic mass is 9.93. The van der Waals surface area contributed by atoms with Gasteiger partial charge < -0.3 is 14.8 Å². The topological polar surface area (TPSA) is 30.5 Å². The van der Waals surface area contributed by atoms with Gasteiger partial charge in [-0.2, -0.15) is 0 Å². The fourth-order valence-corrected chi connectivity index (χ4v) is 2.84. The van der Waals surface area contributed by atoms with Crippen molar-refractivity contribution in [3.63, 3.8) is 0 Å². The number of ether oxygens (including phenoxy) is 2. The first-order valence-electron chi connectivity index (χ1n) is 7.63. The highest BCUT2D eigenvalue weighted by molar-refractivity contribution is 5.29. The second-order valence-electron chi connectivity index (χ2n) is 6.19. The number of benzene rings is 1. The van der Waals surface area contributed by atoms with Gasteiger partial charge in [0.15, 0.2) is 0 Å². The molecule has 0 spiro atoms. The highest BCUT2D eigenvalue weighted by Gasteiger charge is 2.29. The molecule has 1 aromatic carbocycles. The lowest BCUT2D eigenvalue weighted by Crippen LogP contribution is -2.44. The summed E-state index contributed by atoms with van der Waals surface area (Å²) in [5.41, 5.74) is 1.30. The van der Waals surface area contributed by atoms with E-state index in [0.29, 0.717) is 18.7 Å². The van der Waals surface area contributed by atoms with Crippen LogP contribution < -0.4 is 10.1 Å². The van der Waals surface area contributed by atoms with Gasteiger partial charge in [0.1, 0.15) is 5.75 Å². The minimum absolute atomic E-state index is 0.00550. The SMILES string of the molecule is CCOc1ccc(C(C)NC2CCOC(C)(C)C2)cc1. The van der Waals surface area contributed by atoms with Crippen molar-refractivity contribution in [3.05, 3.63) is 29.8 Å². The van der Waals surface area contributed by atoms with Gasteiger partial charge in [-0.05, 0) is 58.2 Å². The van der Waals surface area contributed by atoms with Crippen LogP contribution in [0.15, 0.2) is 24.3 Å². The third-order valence-corrected chi connectivity index (χ3v) is 3.87. The van der Waals surface area contributed by atoms with E-state index >= 15 is 0 Å². The standard InChI is InChI=1S/C17H27NO2/c1-5-19-16-8-6-14(7-9-16)13(2)18-15-10-11-20-17(3,4)12-15/h6-9,13,15,18H,5,10-12H2,1-4H3. The van der Waals surface area contributed by atoms with E-state index in [-0.39, 0.29) is 5.60 Å². The summed E-state index contributed by atoms with van der Waals surface area (Å²) in [5.74, 6) is 0.940. The normalized spacial score (nSPS) is 23.3. The maximum atomic E-state index is 5.77. The first-order chi connectivity index (χ1) is 9.50. The molecule has 1 fully saturated rings. The van der Waals surface area contributed by atoms with E-state index in [1.165, 1.54) is 5.56 Å². The summed E-state index contributed by atoms with van der Waals surface area (Å²) in [6.07, 6.45) is 2.15. The van der Waals surface area contributed by atoms with Gasteiger partial charge in [0, 0.05) is 18.7 Å². The van der Waals surface area contributed by atoms with E-state index in [2.05, 4.69) is 38.2 Å². The Hall–Kier alpha value is -1.06. The predicted molar refractivity (Wildman–Crippen MR) is 82.2 cm³/mol. The molecular weight excluding hydrogens is 250 g/mol. The molecule has 1 aliphatic rings. The van der Waals surface area contributed by atoms with Crippen molar-refractivity contribution in [3.8, 4) is 5.75 Å². The molecule has 0 amide bonds. The van der Waals surface area contributed by atoms with E-state index in [9.17, 15) is 0 Å². The largest absolute Gasteiger partial charge is 0.494 e. The summed E-state index contributed by atoms with van der Waals surface area (Å²) in [6.45, 7) is 10.1. The van der Waals surface area contributed by atoms with Gasteiger partial charge in [0.25, 0.3) is 0 Å². The summed E-state index contributed by atoms with van der Waals surface area (Å²) < 4.78 is 11.2. The number of hydrogen-bond acceptors (Lipinski definition) is 3. The van der Waals surface area contributed by atoms with E-state index in [4.69, 9.17) is 9.47 Å². The average molecular weight is 277 g/mol. The summed E-state index contributed by atoms with van der Waals surface area (Å²) in [5, 5.41) is 3.72. The minimum Gasteiger partial charge on any atom is -0.494 e. The van der Waals surface area contributed by atoms with Gasteiger partial charge >= 0.3 is 0 Å². The second kappa shape index (κ2) is 6.59. The summed E-state index contributed by atoms with van der Waals surface area (Å²) in [6, 6.07) is 9.26. The molecule has 3 nitrogen and oxygen atoms in total. The molecular formula is C17H27NO2. The van der Waals surface area contributed by atoms with Crippen molar-refractivity contribution < 1.29 is 9.47 Å². The van der Waals surface area contributed by atoms with Gasteiger partial charge in [-0.25, -0.2) is 0 Å². The van der Waals surface area contributed by atoms with Gasteiger partial charge in [-0.3, -0.25) is 0 Å². The van der Waals surface area contributed by atoms with Crippen LogP contribution in [0.25, 0.3) is 0 Å². The van der Waals surface area contributed by atoms with E-state index in [1.54, 1.807) is 0 Å². The first kappa shape index (κ1) is 15.3. The summed E-state index contributed by atoms with van der Waals surface area (Å²) in [4.78, 5) is 0. The van der Waals surface area contributed by atoms with Crippen LogP contribution in [0.1, 0.15) is 52.1 Å². The summed E-state index contributed by atoms with van der Waals surface area (Å²) >= 11 is 0. The molecule has 2 rings (SSSR count).